The first-order valence-electron chi connectivity index (χ1n) is 7.29. The van der Waals surface area contributed by atoms with E-state index in [1.165, 1.54) is 23.9 Å². The number of hydrogen-bond acceptors (Lipinski definition) is 4. The van der Waals surface area contributed by atoms with Gasteiger partial charge in [-0.2, -0.15) is 11.8 Å². The van der Waals surface area contributed by atoms with Gasteiger partial charge >= 0.3 is 11.7 Å². The van der Waals surface area contributed by atoms with Gasteiger partial charge in [0.05, 0.1) is 5.56 Å². The van der Waals surface area contributed by atoms with Crippen LogP contribution in [0.25, 0.3) is 11.1 Å². The Morgan fingerprint density at radius 3 is 2.56 bits per heavy atom. The summed E-state index contributed by atoms with van der Waals surface area (Å²) in [7, 11) is 0. The third-order valence-electron chi connectivity index (χ3n) is 3.63. The van der Waals surface area contributed by atoms with Crippen molar-refractivity contribution in [1.82, 2.24) is 9.13 Å². The molecule has 1 atom stereocenters. The molecule has 0 saturated heterocycles. The lowest BCUT2D eigenvalue weighted by molar-refractivity contribution is -0.137. The van der Waals surface area contributed by atoms with Crippen molar-refractivity contribution >= 4 is 17.7 Å². The lowest BCUT2D eigenvalue weighted by Gasteiger charge is -2.15. The number of hydrogen-bond donors (Lipinski definition) is 1. The predicted octanol–water partition coefficient (Wildman–Crippen LogP) is 1.79. The summed E-state index contributed by atoms with van der Waals surface area (Å²) in [5, 5.41) is 8.84. The normalized spacial score (nSPS) is 12.2. The first-order chi connectivity index (χ1) is 11.8. The highest BCUT2D eigenvalue weighted by Crippen LogP contribution is 2.21. The van der Waals surface area contributed by atoms with Crippen molar-refractivity contribution in [2.75, 3.05) is 6.26 Å². The van der Waals surface area contributed by atoms with Gasteiger partial charge in [-0.1, -0.05) is 19.1 Å². The van der Waals surface area contributed by atoms with Crippen molar-refractivity contribution < 1.29 is 18.7 Å². The zero-order valence-corrected chi connectivity index (χ0v) is 14.3. The summed E-state index contributed by atoms with van der Waals surface area (Å²) in [6.45, 7) is 1.10. The van der Waals surface area contributed by atoms with E-state index in [0.29, 0.717) is 0 Å². The molecule has 0 radical (unpaired) electrons. The van der Waals surface area contributed by atoms with Crippen LogP contribution in [0, 0.1) is 11.6 Å². The van der Waals surface area contributed by atoms with Crippen LogP contribution in [0.15, 0.2) is 34.0 Å². The van der Waals surface area contributed by atoms with E-state index in [4.69, 9.17) is 5.11 Å². The molecule has 2 rings (SSSR count). The molecule has 0 saturated carbocycles. The maximum atomic E-state index is 14.1. The Bertz CT molecular complexity index is 923. The molecule has 0 aliphatic heterocycles. The van der Waals surface area contributed by atoms with Crippen molar-refractivity contribution in [3.05, 3.63) is 56.9 Å². The quantitative estimate of drug-likeness (QED) is 0.839. The fourth-order valence-corrected chi connectivity index (χ4v) is 2.60. The highest BCUT2D eigenvalue weighted by atomic mass is 32.2. The van der Waals surface area contributed by atoms with E-state index in [1.54, 1.807) is 13.2 Å². The minimum Gasteiger partial charge on any atom is -0.480 e. The van der Waals surface area contributed by atoms with Crippen LogP contribution in [-0.2, 0) is 17.9 Å². The van der Waals surface area contributed by atoms with Gasteiger partial charge in [-0.25, -0.2) is 13.6 Å². The van der Waals surface area contributed by atoms with E-state index in [1.807, 2.05) is 0 Å². The third kappa shape index (κ3) is 3.98. The van der Waals surface area contributed by atoms with Gasteiger partial charge in [-0.05, 0) is 12.3 Å². The number of aromatic nitrogens is 2. The van der Waals surface area contributed by atoms with E-state index < -0.39 is 35.4 Å². The lowest BCUT2D eigenvalue weighted by Crippen LogP contribution is -2.42. The molecular formula is C16H16F2N2O4S. The Kier molecular flexibility index (Phi) is 5.78. The van der Waals surface area contributed by atoms with E-state index >= 15 is 0 Å². The molecule has 0 fully saturated rings. The largest absolute Gasteiger partial charge is 0.480 e. The van der Waals surface area contributed by atoms with Crippen LogP contribution in [-0.4, -0.2) is 31.7 Å². The molecule has 25 heavy (non-hydrogen) atoms. The van der Waals surface area contributed by atoms with Crippen LogP contribution in [0.2, 0.25) is 0 Å². The minimum atomic E-state index is -1.30. The summed E-state index contributed by atoms with van der Waals surface area (Å²) in [4.78, 5) is 36.0. The molecule has 0 aliphatic carbocycles. The Morgan fingerprint density at radius 1 is 1.28 bits per heavy atom. The second-order valence-corrected chi connectivity index (χ2v) is 6.69. The van der Waals surface area contributed by atoms with Crippen LogP contribution in [0.4, 0.5) is 8.78 Å². The van der Waals surface area contributed by atoms with Gasteiger partial charge in [0.2, 0.25) is 0 Å². The predicted molar refractivity (Wildman–Crippen MR) is 90.9 cm³/mol. The van der Waals surface area contributed by atoms with Gasteiger partial charge < -0.3 is 5.11 Å². The molecule has 134 valence electrons. The average molecular weight is 370 g/mol. The number of halogens is 2. The number of carbonyl (C=O) groups is 1. The smallest absolute Gasteiger partial charge is 0.331 e. The topological polar surface area (TPSA) is 81.3 Å². The maximum absolute atomic E-state index is 14.1. The number of carboxylic acid groups (broad SMARTS) is 1. The number of carboxylic acids is 1. The molecule has 9 heteroatoms. The van der Waals surface area contributed by atoms with E-state index in [9.17, 15) is 23.2 Å². The van der Waals surface area contributed by atoms with Crippen molar-refractivity contribution in [1.29, 1.82) is 0 Å². The van der Waals surface area contributed by atoms with Gasteiger partial charge in [-0.3, -0.25) is 18.7 Å². The maximum Gasteiger partial charge on any atom is 0.331 e. The van der Waals surface area contributed by atoms with Crippen molar-refractivity contribution in [3.63, 3.8) is 0 Å². The zero-order chi connectivity index (χ0) is 18.7. The molecule has 2 aromatic rings. The van der Waals surface area contributed by atoms with Gasteiger partial charge in [0.25, 0.3) is 5.56 Å². The van der Waals surface area contributed by atoms with E-state index in [-0.39, 0.29) is 22.9 Å². The van der Waals surface area contributed by atoms with Crippen LogP contribution < -0.4 is 11.2 Å². The minimum absolute atomic E-state index is 0.0171. The molecule has 1 unspecified atom stereocenters. The molecule has 0 spiro atoms. The van der Waals surface area contributed by atoms with Gasteiger partial charge in [-0.15, -0.1) is 0 Å². The van der Waals surface area contributed by atoms with Crippen LogP contribution in [0.3, 0.4) is 0 Å². The van der Waals surface area contributed by atoms with Gasteiger partial charge in [0.15, 0.2) is 11.6 Å². The molecule has 1 heterocycles. The first-order valence-corrected chi connectivity index (χ1v) is 8.58. The van der Waals surface area contributed by atoms with Crippen molar-refractivity contribution in [2.45, 2.75) is 25.3 Å². The number of aliphatic carboxylic acids is 1. The second-order valence-electron chi connectivity index (χ2n) is 5.41. The zero-order valence-electron chi connectivity index (χ0n) is 13.5. The number of benzene rings is 1. The van der Waals surface area contributed by atoms with E-state index in [0.717, 1.165) is 21.4 Å². The first kappa shape index (κ1) is 18.9. The van der Waals surface area contributed by atoms with Gasteiger partial charge in [0, 0.05) is 23.6 Å². The highest BCUT2D eigenvalue weighted by molar-refractivity contribution is 7.99. The van der Waals surface area contributed by atoms with E-state index in [2.05, 4.69) is 0 Å². The second kappa shape index (κ2) is 7.64. The average Bonchev–Trinajstić information content (AvgIpc) is 2.56. The molecule has 1 aromatic heterocycles. The SMILES string of the molecule is CSC(C)Cn1c(=O)c(-c2cccc(F)c2F)cn(CC(=O)O)c1=O. The Hall–Kier alpha value is -2.42. The molecule has 0 aliphatic rings. The van der Waals surface area contributed by atoms with Gasteiger partial charge in [0.1, 0.15) is 6.54 Å². The molecule has 6 nitrogen and oxygen atoms in total. The Labute approximate surface area is 145 Å². The molecule has 0 bridgehead atoms. The number of thioether (sulfide) groups is 1. The summed E-state index contributed by atoms with van der Waals surface area (Å²) in [5.41, 5.74) is -2.20. The van der Waals surface area contributed by atoms with Crippen molar-refractivity contribution in [2.24, 2.45) is 0 Å². The standard InChI is InChI=1S/C16H16F2N2O4S/c1-9(25-2)6-20-15(23)11(7-19(16(20)24)8-13(21)22)10-4-3-5-12(17)14(10)18/h3-5,7,9H,6,8H2,1-2H3,(H,21,22). The number of nitrogens with zero attached hydrogens (tertiary/aromatic N) is 2. The molecule has 0 amide bonds. The Balaban J connectivity index is 2.77. The van der Waals surface area contributed by atoms with Crippen LogP contribution in [0.5, 0.6) is 0 Å². The molecular weight excluding hydrogens is 354 g/mol. The summed E-state index contributed by atoms with van der Waals surface area (Å²) in [6, 6.07) is 3.34. The summed E-state index contributed by atoms with van der Waals surface area (Å²) in [6.07, 6.45) is 2.75. The summed E-state index contributed by atoms with van der Waals surface area (Å²) >= 11 is 1.41. The summed E-state index contributed by atoms with van der Waals surface area (Å²) in [5.74, 6) is -3.67. The van der Waals surface area contributed by atoms with Crippen molar-refractivity contribution in [3.8, 4) is 11.1 Å². The fraction of sp³-hybridized carbons (Fsp3) is 0.312. The molecule has 1 N–H and O–H groups in total. The highest BCUT2D eigenvalue weighted by Gasteiger charge is 2.19. The summed E-state index contributed by atoms with van der Waals surface area (Å²) < 4.78 is 29.2. The fourth-order valence-electron chi connectivity index (χ4n) is 2.30. The third-order valence-corrected chi connectivity index (χ3v) is 4.58. The molecule has 1 aromatic carbocycles. The van der Waals surface area contributed by atoms with Crippen LogP contribution >= 0.6 is 11.8 Å². The monoisotopic (exact) mass is 370 g/mol. The Morgan fingerprint density at radius 2 is 1.96 bits per heavy atom. The lowest BCUT2D eigenvalue weighted by atomic mass is 10.1. The number of rotatable bonds is 6. The van der Waals surface area contributed by atoms with Crippen LogP contribution in [0.1, 0.15) is 6.92 Å².